The topological polar surface area (TPSA) is 29.5 Å². The lowest BCUT2D eigenvalue weighted by molar-refractivity contribution is -0.120. The van der Waals surface area contributed by atoms with E-state index in [1.807, 2.05) is 6.92 Å². The molecule has 1 fully saturated rings. The Morgan fingerprint density at radius 3 is 3.00 bits per heavy atom. The van der Waals surface area contributed by atoms with E-state index in [0.717, 1.165) is 12.8 Å². The number of fused-ring (bicyclic) bond motifs is 3. The fraction of sp³-hybridized carbons (Fsp3) is 0.500. The highest BCUT2D eigenvalue weighted by Crippen LogP contribution is 2.42. The van der Waals surface area contributed by atoms with Gasteiger partial charge in [0.15, 0.2) is 11.6 Å². The molecule has 0 saturated carbocycles. The van der Waals surface area contributed by atoms with Crippen LogP contribution in [-0.4, -0.2) is 18.6 Å². The number of carbonyl (C=O) groups excluding carboxylic acids is 1. The first-order chi connectivity index (χ1) is 8.63. The van der Waals surface area contributed by atoms with Gasteiger partial charge in [-0.3, -0.25) is 4.79 Å². The summed E-state index contributed by atoms with van der Waals surface area (Å²) in [5.41, 5.74) is 1.14. The zero-order valence-electron chi connectivity index (χ0n) is 10.6. The van der Waals surface area contributed by atoms with Gasteiger partial charge in [-0.1, -0.05) is 13.0 Å². The molecule has 0 aliphatic carbocycles. The second-order valence-corrected chi connectivity index (χ2v) is 5.06. The number of nitrogens with zero attached hydrogens (tertiary/aromatic N) is 1. The highest BCUT2D eigenvalue weighted by atomic mass is 19.1. The average molecular weight is 249 g/mol. The van der Waals surface area contributed by atoms with Crippen LogP contribution in [-0.2, 0) is 4.79 Å². The molecule has 18 heavy (non-hydrogen) atoms. The first-order valence-electron chi connectivity index (χ1n) is 6.38. The van der Waals surface area contributed by atoms with Crippen molar-refractivity contribution in [2.75, 3.05) is 11.5 Å². The number of carbonyl (C=O) groups is 1. The summed E-state index contributed by atoms with van der Waals surface area (Å²) >= 11 is 0. The van der Waals surface area contributed by atoms with Gasteiger partial charge in [-0.25, -0.2) is 4.39 Å². The SMILES string of the molecule is CCC1CC2COc3c(ccc(C)c3F)N2C1=O. The molecule has 2 unspecified atom stereocenters. The largest absolute Gasteiger partial charge is 0.486 e. The third-order valence-electron chi connectivity index (χ3n) is 3.95. The lowest BCUT2D eigenvalue weighted by Gasteiger charge is -2.32. The number of aryl methyl sites for hydroxylation is 1. The predicted molar refractivity (Wildman–Crippen MR) is 66.3 cm³/mol. The highest BCUT2D eigenvalue weighted by Gasteiger charge is 2.43. The van der Waals surface area contributed by atoms with Crippen molar-refractivity contribution in [1.82, 2.24) is 0 Å². The van der Waals surface area contributed by atoms with Crippen LogP contribution in [0, 0.1) is 18.7 Å². The Bertz CT molecular complexity index is 515. The van der Waals surface area contributed by atoms with Crippen LogP contribution in [0.2, 0.25) is 0 Å². The van der Waals surface area contributed by atoms with Crippen molar-refractivity contribution in [1.29, 1.82) is 0 Å². The molecule has 2 atom stereocenters. The molecule has 96 valence electrons. The summed E-state index contributed by atoms with van der Waals surface area (Å²) in [6.07, 6.45) is 1.64. The van der Waals surface area contributed by atoms with Crippen LogP contribution in [0.4, 0.5) is 10.1 Å². The average Bonchev–Trinajstić information content (AvgIpc) is 2.71. The van der Waals surface area contributed by atoms with E-state index in [1.54, 1.807) is 24.0 Å². The van der Waals surface area contributed by atoms with E-state index in [2.05, 4.69) is 0 Å². The zero-order chi connectivity index (χ0) is 12.9. The lowest BCUT2D eigenvalue weighted by Crippen LogP contribution is -2.41. The van der Waals surface area contributed by atoms with Gasteiger partial charge in [0, 0.05) is 5.92 Å². The number of anilines is 1. The predicted octanol–water partition coefficient (Wildman–Crippen LogP) is 2.66. The van der Waals surface area contributed by atoms with Crippen LogP contribution in [0.3, 0.4) is 0 Å². The molecule has 1 amide bonds. The molecule has 2 aliphatic heterocycles. The van der Waals surface area contributed by atoms with Gasteiger partial charge in [-0.05, 0) is 31.4 Å². The van der Waals surface area contributed by atoms with Crippen molar-refractivity contribution in [3.05, 3.63) is 23.5 Å². The molecule has 3 nitrogen and oxygen atoms in total. The minimum Gasteiger partial charge on any atom is -0.486 e. The summed E-state index contributed by atoms with van der Waals surface area (Å²) in [4.78, 5) is 14.0. The molecule has 0 radical (unpaired) electrons. The van der Waals surface area contributed by atoms with Crippen LogP contribution in [0.5, 0.6) is 5.75 Å². The van der Waals surface area contributed by atoms with Gasteiger partial charge in [0.05, 0.1) is 11.7 Å². The zero-order valence-corrected chi connectivity index (χ0v) is 10.6. The van der Waals surface area contributed by atoms with Crippen LogP contribution in [0.1, 0.15) is 25.3 Å². The molecular weight excluding hydrogens is 233 g/mol. The minimum absolute atomic E-state index is 0.0499. The molecule has 2 aliphatic rings. The number of amides is 1. The smallest absolute Gasteiger partial charge is 0.230 e. The van der Waals surface area contributed by atoms with E-state index in [1.165, 1.54) is 0 Å². The van der Waals surface area contributed by atoms with E-state index in [9.17, 15) is 9.18 Å². The Hall–Kier alpha value is -1.58. The molecule has 0 bridgehead atoms. The van der Waals surface area contributed by atoms with E-state index < -0.39 is 0 Å². The van der Waals surface area contributed by atoms with Gasteiger partial charge in [-0.2, -0.15) is 0 Å². The fourth-order valence-corrected chi connectivity index (χ4v) is 2.86. The van der Waals surface area contributed by atoms with Crippen LogP contribution in [0.25, 0.3) is 0 Å². The van der Waals surface area contributed by atoms with Gasteiger partial charge in [0.2, 0.25) is 5.91 Å². The molecule has 1 saturated heterocycles. The Morgan fingerprint density at radius 2 is 2.28 bits per heavy atom. The number of hydrogen-bond acceptors (Lipinski definition) is 2. The maximum atomic E-state index is 14.0. The number of hydrogen-bond donors (Lipinski definition) is 0. The van der Waals surface area contributed by atoms with Crippen molar-refractivity contribution < 1.29 is 13.9 Å². The van der Waals surface area contributed by atoms with Crippen LogP contribution < -0.4 is 9.64 Å². The van der Waals surface area contributed by atoms with E-state index in [-0.39, 0.29) is 29.4 Å². The van der Waals surface area contributed by atoms with E-state index in [4.69, 9.17) is 4.74 Å². The summed E-state index contributed by atoms with van der Waals surface area (Å²) in [6, 6.07) is 3.56. The number of rotatable bonds is 1. The lowest BCUT2D eigenvalue weighted by atomic mass is 10.0. The Labute approximate surface area is 106 Å². The van der Waals surface area contributed by atoms with Crippen molar-refractivity contribution in [3.8, 4) is 5.75 Å². The Balaban J connectivity index is 2.08. The van der Waals surface area contributed by atoms with Crippen molar-refractivity contribution in [2.45, 2.75) is 32.7 Å². The third kappa shape index (κ3) is 1.44. The monoisotopic (exact) mass is 249 g/mol. The van der Waals surface area contributed by atoms with Gasteiger partial charge in [-0.15, -0.1) is 0 Å². The molecule has 1 aromatic carbocycles. The second-order valence-electron chi connectivity index (χ2n) is 5.06. The standard InChI is InChI=1S/C14H16FNO2/c1-3-9-6-10-7-18-13-11(16(10)14(9)17)5-4-8(2)12(13)15/h4-5,9-10H,3,6-7H2,1-2H3. The van der Waals surface area contributed by atoms with Gasteiger partial charge >= 0.3 is 0 Å². The van der Waals surface area contributed by atoms with Crippen molar-refractivity contribution in [2.24, 2.45) is 5.92 Å². The quantitative estimate of drug-likeness (QED) is 0.765. The molecule has 1 aromatic rings. The Morgan fingerprint density at radius 1 is 1.50 bits per heavy atom. The summed E-state index contributed by atoms with van der Waals surface area (Å²) in [7, 11) is 0. The summed E-state index contributed by atoms with van der Waals surface area (Å²) in [5.74, 6) is 0.0410. The summed E-state index contributed by atoms with van der Waals surface area (Å²) in [6.45, 7) is 4.11. The van der Waals surface area contributed by atoms with Crippen molar-refractivity contribution >= 4 is 11.6 Å². The number of benzene rings is 1. The molecule has 0 N–H and O–H groups in total. The molecular formula is C14H16FNO2. The first kappa shape index (κ1) is 11.5. The van der Waals surface area contributed by atoms with Gasteiger partial charge in [0.1, 0.15) is 6.61 Å². The molecule has 4 heteroatoms. The third-order valence-corrected chi connectivity index (χ3v) is 3.95. The normalized spacial score (nSPS) is 25.7. The molecule has 2 heterocycles. The van der Waals surface area contributed by atoms with Crippen LogP contribution >= 0.6 is 0 Å². The number of ether oxygens (including phenoxy) is 1. The highest BCUT2D eigenvalue weighted by molar-refractivity contribution is 5.99. The Kier molecular flexibility index (Phi) is 2.54. The molecule has 3 rings (SSSR count). The maximum absolute atomic E-state index is 14.0. The molecule has 0 aromatic heterocycles. The summed E-state index contributed by atoms with van der Waals surface area (Å²) < 4.78 is 19.5. The maximum Gasteiger partial charge on any atom is 0.230 e. The summed E-state index contributed by atoms with van der Waals surface area (Å²) in [5, 5.41) is 0. The van der Waals surface area contributed by atoms with E-state index in [0.29, 0.717) is 17.9 Å². The first-order valence-corrected chi connectivity index (χ1v) is 6.38. The van der Waals surface area contributed by atoms with Gasteiger partial charge < -0.3 is 9.64 Å². The van der Waals surface area contributed by atoms with Gasteiger partial charge in [0.25, 0.3) is 0 Å². The molecule has 0 spiro atoms. The second kappa shape index (κ2) is 3.97. The minimum atomic E-state index is -0.348. The number of halogens is 1. The van der Waals surface area contributed by atoms with Crippen molar-refractivity contribution in [3.63, 3.8) is 0 Å². The fourth-order valence-electron chi connectivity index (χ4n) is 2.86. The van der Waals surface area contributed by atoms with Crippen LogP contribution in [0.15, 0.2) is 12.1 Å². The van der Waals surface area contributed by atoms with E-state index >= 15 is 0 Å².